The third-order valence-corrected chi connectivity index (χ3v) is 4.40. The van der Waals surface area contributed by atoms with Crippen molar-refractivity contribution >= 4 is 34.7 Å². The molecule has 130 valence electrons. The first-order valence-corrected chi connectivity index (χ1v) is 8.42. The van der Waals surface area contributed by atoms with Gasteiger partial charge in [0.2, 0.25) is 5.95 Å². The summed E-state index contributed by atoms with van der Waals surface area (Å²) in [6.07, 6.45) is 1.83. The standard InChI is InChI=1S/C19H20ClFN4/c1-3-14-10-18-17(8-12(14)2)24-19(23-7-6-22)25(18)11-13-4-5-16(21)15(20)9-13/h3-5,8-10H,1,6-7,11,22H2,2H3,(H,23,24). The second kappa shape index (κ2) is 7.25. The zero-order valence-corrected chi connectivity index (χ0v) is 14.8. The molecule has 0 fully saturated rings. The summed E-state index contributed by atoms with van der Waals surface area (Å²) in [5.74, 6) is 0.300. The molecule has 25 heavy (non-hydrogen) atoms. The van der Waals surface area contributed by atoms with E-state index in [1.807, 2.05) is 23.6 Å². The smallest absolute Gasteiger partial charge is 0.204 e. The van der Waals surface area contributed by atoms with Crippen molar-refractivity contribution in [1.29, 1.82) is 0 Å². The molecule has 3 N–H and O–H groups in total. The van der Waals surface area contributed by atoms with Gasteiger partial charge in [0.1, 0.15) is 5.82 Å². The SMILES string of the molecule is C=Cc1cc2c(cc1C)nc(NCCN)n2Cc1ccc(F)c(Cl)c1. The van der Waals surface area contributed by atoms with Crippen LogP contribution < -0.4 is 11.1 Å². The third kappa shape index (κ3) is 3.52. The summed E-state index contributed by atoms with van der Waals surface area (Å²) >= 11 is 5.92. The van der Waals surface area contributed by atoms with Gasteiger partial charge < -0.3 is 15.6 Å². The number of fused-ring (bicyclic) bond motifs is 1. The molecule has 0 saturated heterocycles. The van der Waals surface area contributed by atoms with Crippen molar-refractivity contribution in [3.63, 3.8) is 0 Å². The molecule has 3 rings (SSSR count). The van der Waals surface area contributed by atoms with Crippen molar-refractivity contribution < 1.29 is 4.39 Å². The number of anilines is 1. The van der Waals surface area contributed by atoms with Crippen LogP contribution in [0, 0.1) is 12.7 Å². The Kier molecular flexibility index (Phi) is 5.06. The van der Waals surface area contributed by atoms with Gasteiger partial charge in [0.25, 0.3) is 0 Å². The Morgan fingerprint density at radius 1 is 1.36 bits per heavy atom. The molecule has 0 radical (unpaired) electrons. The van der Waals surface area contributed by atoms with E-state index in [-0.39, 0.29) is 5.02 Å². The molecule has 0 unspecified atom stereocenters. The van der Waals surface area contributed by atoms with Crippen LogP contribution in [0.5, 0.6) is 0 Å². The van der Waals surface area contributed by atoms with Crippen LogP contribution in [0.25, 0.3) is 17.1 Å². The molecule has 0 atom stereocenters. The number of benzene rings is 2. The average molecular weight is 359 g/mol. The molecule has 0 saturated carbocycles. The fourth-order valence-corrected chi connectivity index (χ4v) is 3.01. The predicted octanol–water partition coefficient (Wildman–Crippen LogP) is 4.20. The Morgan fingerprint density at radius 2 is 2.16 bits per heavy atom. The first-order valence-electron chi connectivity index (χ1n) is 8.04. The minimum atomic E-state index is -0.424. The fraction of sp³-hybridized carbons (Fsp3) is 0.211. The lowest BCUT2D eigenvalue weighted by Crippen LogP contribution is -2.16. The normalized spacial score (nSPS) is 11.0. The summed E-state index contributed by atoms with van der Waals surface area (Å²) in [7, 11) is 0. The molecular formula is C19H20ClFN4. The lowest BCUT2D eigenvalue weighted by molar-refractivity contribution is 0.627. The Labute approximate surface area is 151 Å². The summed E-state index contributed by atoms with van der Waals surface area (Å²) in [6.45, 7) is 7.53. The van der Waals surface area contributed by atoms with Gasteiger partial charge in [0.15, 0.2) is 0 Å². The molecule has 2 aromatic carbocycles. The van der Waals surface area contributed by atoms with Gasteiger partial charge in [-0.2, -0.15) is 0 Å². The molecule has 0 aliphatic carbocycles. The number of nitrogens with zero attached hydrogens (tertiary/aromatic N) is 2. The number of hydrogen-bond donors (Lipinski definition) is 2. The fourth-order valence-electron chi connectivity index (χ4n) is 2.81. The van der Waals surface area contributed by atoms with Crippen molar-refractivity contribution in [2.45, 2.75) is 13.5 Å². The number of imidazole rings is 1. The number of hydrogen-bond acceptors (Lipinski definition) is 3. The van der Waals surface area contributed by atoms with Gasteiger partial charge in [-0.1, -0.05) is 30.3 Å². The number of rotatable bonds is 6. The van der Waals surface area contributed by atoms with E-state index >= 15 is 0 Å². The van der Waals surface area contributed by atoms with Gasteiger partial charge in [-0.15, -0.1) is 0 Å². The van der Waals surface area contributed by atoms with Crippen LogP contribution in [0.2, 0.25) is 5.02 Å². The molecule has 0 amide bonds. The molecule has 3 aromatic rings. The number of aromatic nitrogens is 2. The lowest BCUT2D eigenvalue weighted by Gasteiger charge is -2.11. The van der Waals surface area contributed by atoms with E-state index in [1.165, 1.54) is 6.07 Å². The molecule has 4 nitrogen and oxygen atoms in total. The number of nitrogens with one attached hydrogen (secondary N) is 1. The van der Waals surface area contributed by atoms with Crippen LogP contribution >= 0.6 is 11.6 Å². The number of nitrogens with two attached hydrogens (primary N) is 1. The van der Waals surface area contributed by atoms with E-state index in [0.29, 0.717) is 19.6 Å². The third-order valence-electron chi connectivity index (χ3n) is 4.11. The highest BCUT2D eigenvalue weighted by atomic mass is 35.5. The number of halogens is 2. The van der Waals surface area contributed by atoms with E-state index < -0.39 is 5.82 Å². The monoisotopic (exact) mass is 358 g/mol. The largest absolute Gasteiger partial charge is 0.354 e. The lowest BCUT2D eigenvalue weighted by atomic mass is 10.1. The highest BCUT2D eigenvalue weighted by molar-refractivity contribution is 6.30. The zero-order chi connectivity index (χ0) is 18.0. The van der Waals surface area contributed by atoms with Gasteiger partial charge in [0, 0.05) is 13.1 Å². The Morgan fingerprint density at radius 3 is 2.84 bits per heavy atom. The van der Waals surface area contributed by atoms with E-state index in [0.717, 1.165) is 33.7 Å². The highest BCUT2D eigenvalue weighted by Gasteiger charge is 2.13. The molecule has 0 aliphatic rings. The van der Waals surface area contributed by atoms with E-state index in [4.69, 9.17) is 17.3 Å². The number of aryl methyl sites for hydroxylation is 1. The Hall–Kier alpha value is -2.37. The maximum absolute atomic E-state index is 13.4. The molecule has 1 heterocycles. The molecule has 6 heteroatoms. The highest BCUT2D eigenvalue weighted by Crippen LogP contribution is 2.26. The first-order chi connectivity index (χ1) is 12.0. The van der Waals surface area contributed by atoms with Gasteiger partial charge in [0.05, 0.1) is 22.6 Å². The van der Waals surface area contributed by atoms with E-state index in [1.54, 1.807) is 12.1 Å². The van der Waals surface area contributed by atoms with Crippen LogP contribution in [0.1, 0.15) is 16.7 Å². The van der Waals surface area contributed by atoms with Crippen molar-refractivity contribution in [3.8, 4) is 0 Å². The summed E-state index contributed by atoms with van der Waals surface area (Å²) in [4.78, 5) is 4.68. The van der Waals surface area contributed by atoms with Crippen molar-refractivity contribution in [2.75, 3.05) is 18.4 Å². The second-order valence-electron chi connectivity index (χ2n) is 5.89. The van der Waals surface area contributed by atoms with Crippen LogP contribution in [0.3, 0.4) is 0 Å². The first kappa shape index (κ1) is 17.5. The Bertz CT molecular complexity index is 933. The minimum absolute atomic E-state index is 0.112. The van der Waals surface area contributed by atoms with E-state index in [9.17, 15) is 4.39 Å². The molecule has 1 aromatic heterocycles. The maximum atomic E-state index is 13.4. The minimum Gasteiger partial charge on any atom is -0.354 e. The quantitative estimate of drug-likeness (QED) is 0.694. The maximum Gasteiger partial charge on any atom is 0.204 e. The van der Waals surface area contributed by atoms with E-state index in [2.05, 4.69) is 22.9 Å². The van der Waals surface area contributed by atoms with Gasteiger partial charge in [-0.25, -0.2) is 9.37 Å². The van der Waals surface area contributed by atoms with Crippen LogP contribution in [0.4, 0.5) is 10.3 Å². The Balaban J connectivity index is 2.11. The topological polar surface area (TPSA) is 55.9 Å². The van der Waals surface area contributed by atoms with Crippen molar-refractivity contribution in [1.82, 2.24) is 9.55 Å². The predicted molar refractivity (Wildman–Crippen MR) is 103 cm³/mol. The van der Waals surface area contributed by atoms with Crippen molar-refractivity contribution in [3.05, 3.63) is 64.4 Å². The zero-order valence-electron chi connectivity index (χ0n) is 14.0. The summed E-state index contributed by atoms with van der Waals surface area (Å²) in [6, 6.07) is 8.83. The summed E-state index contributed by atoms with van der Waals surface area (Å²) < 4.78 is 15.5. The molecular weight excluding hydrogens is 339 g/mol. The van der Waals surface area contributed by atoms with Crippen LogP contribution in [0.15, 0.2) is 36.9 Å². The average Bonchev–Trinajstić information content (AvgIpc) is 2.92. The second-order valence-corrected chi connectivity index (χ2v) is 6.29. The molecule has 0 aliphatic heterocycles. The van der Waals surface area contributed by atoms with Crippen LogP contribution in [-0.2, 0) is 6.54 Å². The molecule has 0 spiro atoms. The van der Waals surface area contributed by atoms with Gasteiger partial charge in [-0.05, 0) is 47.9 Å². The van der Waals surface area contributed by atoms with Crippen LogP contribution in [-0.4, -0.2) is 22.6 Å². The van der Waals surface area contributed by atoms with Crippen molar-refractivity contribution in [2.24, 2.45) is 5.73 Å². The van der Waals surface area contributed by atoms with Gasteiger partial charge >= 0.3 is 0 Å². The molecule has 0 bridgehead atoms. The summed E-state index contributed by atoms with van der Waals surface area (Å²) in [5.41, 5.74) is 10.5. The summed E-state index contributed by atoms with van der Waals surface area (Å²) in [5, 5.41) is 3.36. The van der Waals surface area contributed by atoms with Gasteiger partial charge in [-0.3, -0.25) is 0 Å².